The summed E-state index contributed by atoms with van der Waals surface area (Å²) >= 11 is 3.57. The molecule has 27 heavy (non-hydrogen) atoms. The molecule has 0 aromatic heterocycles. The van der Waals surface area contributed by atoms with Gasteiger partial charge in [0.1, 0.15) is 0 Å². The van der Waals surface area contributed by atoms with Gasteiger partial charge in [0.2, 0.25) is 5.91 Å². The van der Waals surface area contributed by atoms with Gasteiger partial charge in [-0.15, -0.1) is 0 Å². The molecule has 2 aromatic carbocycles. The number of benzene rings is 2. The predicted molar refractivity (Wildman–Crippen MR) is 113 cm³/mol. The van der Waals surface area contributed by atoms with Crippen molar-refractivity contribution >= 4 is 27.5 Å². The van der Waals surface area contributed by atoms with Crippen molar-refractivity contribution in [2.24, 2.45) is 17.3 Å². The van der Waals surface area contributed by atoms with Gasteiger partial charge in [-0.05, 0) is 96.3 Å². The average Bonchev–Trinajstić information content (AvgIpc) is 2.63. The van der Waals surface area contributed by atoms with Crippen LogP contribution in [0.2, 0.25) is 0 Å². The van der Waals surface area contributed by atoms with E-state index in [9.17, 15) is 4.79 Å². The van der Waals surface area contributed by atoms with Gasteiger partial charge >= 0.3 is 0 Å². The normalized spacial score (nSPS) is 33.9. The number of aryl methyl sites for hydroxylation is 1. The minimum atomic E-state index is -0.204. The van der Waals surface area contributed by atoms with Crippen molar-refractivity contribution in [2.75, 3.05) is 5.32 Å². The topological polar surface area (TPSA) is 29.1 Å². The third kappa shape index (κ3) is 2.86. The number of amides is 1. The van der Waals surface area contributed by atoms with E-state index in [4.69, 9.17) is 0 Å². The molecule has 4 saturated carbocycles. The average molecular weight is 424 g/mol. The number of halogens is 1. The Kier molecular flexibility index (Phi) is 4.02. The predicted octanol–water partition coefficient (Wildman–Crippen LogP) is 6.23. The molecule has 1 N–H and O–H groups in total. The highest BCUT2D eigenvalue weighted by molar-refractivity contribution is 9.10. The van der Waals surface area contributed by atoms with Crippen molar-refractivity contribution in [3.8, 4) is 0 Å². The lowest BCUT2D eigenvalue weighted by molar-refractivity contribution is -0.143. The maximum absolute atomic E-state index is 13.5. The third-order valence-electron chi connectivity index (χ3n) is 7.33. The summed E-state index contributed by atoms with van der Waals surface area (Å²) in [6.07, 6.45) is 6.97. The van der Waals surface area contributed by atoms with Crippen LogP contribution in [0.5, 0.6) is 0 Å². The molecule has 6 rings (SSSR count). The van der Waals surface area contributed by atoms with E-state index in [2.05, 4.69) is 52.4 Å². The Morgan fingerprint density at radius 1 is 1.00 bits per heavy atom. The summed E-state index contributed by atoms with van der Waals surface area (Å²) < 4.78 is 0.955. The van der Waals surface area contributed by atoms with Crippen molar-refractivity contribution in [3.05, 3.63) is 64.1 Å². The van der Waals surface area contributed by atoms with Crippen molar-refractivity contribution in [2.45, 2.75) is 50.9 Å². The summed E-state index contributed by atoms with van der Waals surface area (Å²) in [6.45, 7) is 2.15. The molecule has 2 aromatic rings. The van der Waals surface area contributed by atoms with Gasteiger partial charge < -0.3 is 5.32 Å². The molecular weight excluding hydrogens is 398 g/mol. The van der Waals surface area contributed by atoms with Crippen LogP contribution < -0.4 is 5.32 Å². The zero-order valence-corrected chi connectivity index (χ0v) is 17.4. The van der Waals surface area contributed by atoms with Crippen LogP contribution in [0.1, 0.15) is 49.7 Å². The molecule has 4 aliphatic carbocycles. The first-order valence-electron chi connectivity index (χ1n) is 10.1. The van der Waals surface area contributed by atoms with E-state index in [-0.39, 0.29) is 16.7 Å². The maximum Gasteiger partial charge on any atom is 0.230 e. The van der Waals surface area contributed by atoms with Crippen LogP contribution in [0.15, 0.2) is 53.0 Å². The van der Waals surface area contributed by atoms with Crippen LogP contribution in [0, 0.1) is 24.2 Å². The molecule has 2 atom stereocenters. The van der Waals surface area contributed by atoms with E-state index in [0.29, 0.717) is 11.8 Å². The number of hydrogen-bond donors (Lipinski definition) is 1. The molecular formula is C24H26BrNO. The Labute approximate surface area is 169 Å². The van der Waals surface area contributed by atoms with E-state index in [1.54, 1.807) is 0 Å². The number of carbonyl (C=O) groups excluding carboxylic acids is 1. The number of anilines is 1. The van der Waals surface area contributed by atoms with Crippen LogP contribution in [-0.4, -0.2) is 5.91 Å². The van der Waals surface area contributed by atoms with Gasteiger partial charge in [0.15, 0.2) is 0 Å². The van der Waals surface area contributed by atoms with Gasteiger partial charge in [0.05, 0.1) is 11.1 Å². The lowest BCUT2D eigenvalue weighted by Crippen LogP contribution is -2.58. The maximum atomic E-state index is 13.5. The summed E-state index contributed by atoms with van der Waals surface area (Å²) in [5.74, 6) is 1.62. The molecule has 0 aliphatic heterocycles. The second-order valence-corrected chi connectivity index (χ2v) is 10.2. The molecule has 0 spiro atoms. The Hall–Kier alpha value is -1.61. The third-order valence-corrected chi connectivity index (χ3v) is 8.02. The highest BCUT2D eigenvalue weighted by Crippen LogP contribution is 2.66. The van der Waals surface area contributed by atoms with Crippen molar-refractivity contribution in [1.29, 1.82) is 0 Å². The van der Waals surface area contributed by atoms with Crippen LogP contribution in [0.4, 0.5) is 5.69 Å². The Morgan fingerprint density at radius 3 is 2.33 bits per heavy atom. The zero-order valence-electron chi connectivity index (χ0n) is 15.8. The molecule has 0 saturated heterocycles. The fraction of sp³-hybridized carbons (Fsp3) is 0.458. The van der Waals surface area contributed by atoms with E-state index in [1.807, 2.05) is 24.3 Å². The highest BCUT2D eigenvalue weighted by atomic mass is 79.9. The first-order chi connectivity index (χ1) is 13.0. The SMILES string of the molecule is Cc1ccc(C23CC4CC(CC(C(=O)Nc5ccccc5Br)(C4)C2)C3)cc1. The molecule has 4 aliphatic rings. The van der Waals surface area contributed by atoms with Gasteiger partial charge in [-0.1, -0.05) is 42.0 Å². The lowest BCUT2D eigenvalue weighted by atomic mass is 9.42. The molecule has 1 amide bonds. The molecule has 4 fully saturated rings. The fourth-order valence-corrected chi connectivity index (χ4v) is 6.97. The minimum absolute atomic E-state index is 0.197. The second-order valence-electron chi connectivity index (χ2n) is 9.32. The monoisotopic (exact) mass is 423 g/mol. The fourth-order valence-electron chi connectivity index (χ4n) is 6.59. The summed E-state index contributed by atoms with van der Waals surface area (Å²) in [5.41, 5.74) is 3.65. The standard InChI is InChI=1S/C24H26BrNO/c1-16-6-8-19(9-7-16)23-11-17-10-18(12-23)14-24(13-17,15-23)22(27)26-21-5-3-2-4-20(21)25/h2-9,17-18H,10-15H2,1H3,(H,26,27). The van der Waals surface area contributed by atoms with E-state index in [0.717, 1.165) is 29.4 Å². The van der Waals surface area contributed by atoms with Crippen LogP contribution >= 0.6 is 15.9 Å². The minimum Gasteiger partial charge on any atom is -0.325 e. The largest absolute Gasteiger partial charge is 0.325 e. The van der Waals surface area contributed by atoms with Crippen LogP contribution in [0.25, 0.3) is 0 Å². The highest BCUT2D eigenvalue weighted by Gasteiger charge is 2.60. The molecule has 3 heteroatoms. The molecule has 4 bridgehead atoms. The molecule has 0 heterocycles. The van der Waals surface area contributed by atoms with E-state index < -0.39 is 0 Å². The van der Waals surface area contributed by atoms with Gasteiger partial charge in [-0.2, -0.15) is 0 Å². The molecule has 140 valence electrons. The summed E-state index contributed by atoms with van der Waals surface area (Å²) in [7, 11) is 0. The Balaban J connectivity index is 1.49. The zero-order chi connectivity index (χ0) is 18.6. The summed E-state index contributed by atoms with van der Waals surface area (Å²) in [6, 6.07) is 17.1. The Bertz CT molecular complexity index is 874. The number of rotatable bonds is 3. The smallest absolute Gasteiger partial charge is 0.230 e. The molecule has 2 unspecified atom stereocenters. The van der Waals surface area contributed by atoms with Gasteiger partial charge in [0.25, 0.3) is 0 Å². The second kappa shape index (κ2) is 6.20. The number of para-hydroxylation sites is 1. The number of carbonyl (C=O) groups is 1. The van der Waals surface area contributed by atoms with Gasteiger partial charge in [-0.25, -0.2) is 0 Å². The van der Waals surface area contributed by atoms with Gasteiger partial charge in [-0.3, -0.25) is 4.79 Å². The first kappa shape index (κ1) is 17.5. The molecule has 2 nitrogen and oxygen atoms in total. The summed E-state index contributed by atoms with van der Waals surface area (Å²) in [5, 5.41) is 3.26. The van der Waals surface area contributed by atoms with Crippen molar-refractivity contribution in [1.82, 2.24) is 0 Å². The number of hydrogen-bond acceptors (Lipinski definition) is 1. The van der Waals surface area contributed by atoms with Crippen molar-refractivity contribution in [3.63, 3.8) is 0 Å². The molecule has 0 radical (unpaired) electrons. The quantitative estimate of drug-likeness (QED) is 0.622. The van der Waals surface area contributed by atoms with Gasteiger partial charge in [0, 0.05) is 4.47 Å². The van der Waals surface area contributed by atoms with Crippen LogP contribution in [0.3, 0.4) is 0 Å². The summed E-state index contributed by atoms with van der Waals surface area (Å²) in [4.78, 5) is 13.5. The Morgan fingerprint density at radius 2 is 1.67 bits per heavy atom. The number of nitrogens with one attached hydrogen (secondary N) is 1. The lowest BCUT2D eigenvalue weighted by Gasteiger charge is -2.61. The van der Waals surface area contributed by atoms with Crippen LogP contribution in [-0.2, 0) is 10.2 Å². The van der Waals surface area contributed by atoms with E-state index >= 15 is 0 Å². The van der Waals surface area contributed by atoms with E-state index in [1.165, 1.54) is 30.4 Å². The first-order valence-corrected chi connectivity index (χ1v) is 10.9. The van der Waals surface area contributed by atoms with Crippen molar-refractivity contribution < 1.29 is 4.79 Å².